The third-order valence-corrected chi connectivity index (χ3v) is 2.89. The molecule has 2 rings (SSSR count). The second-order valence-electron chi connectivity index (χ2n) is 3.50. The third kappa shape index (κ3) is 3.08. The summed E-state index contributed by atoms with van der Waals surface area (Å²) in [4.78, 5) is 11.8. The van der Waals surface area contributed by atoms with Gasteiger partial charge in [-0.1, -0.05) is 6.07 Å². The first-order chi connectivity index (χ1) is 8.58. The molecule has 0 aliphatic carbocycles. The summed E-state index contributed by atoms with van der Waals surface area (Å²) in [6.45, 7) is 1.99. The van der Waals surface area contributed by atoms with Gasteiger partial charge < -0.3 is 10.1 Å². The van der Waals surface area contributed by atoms with Crippen molar-refractivity contribution in [1.29, 1.82) is 0 Å². The molecule has 0 atom stereocenters. The standard InChI is InChI=1S/C11H10BrClN4O/c1-6-3-4-8(7(12)5-6)18-11-16-9(13)15-10(14-2)17-11/h3-5H,1-2H3,(H,14,15,16,17). The summed E-state index contributed by atoms with van der Waals surface area (Å²) in [5, 5.41) is 2.86. The Labute approximate surface area is 118 Å². The van der Waals surface area contributed by atoms with Crippen molar-refractivity contribution in [2.75, 3.05) is 12.4 Å². The fraction of sp³-hybridized carbons (Fsp3) is 0.182. The van der Waals surface area contributed by atoms with E-state index in [2.05, 4.69) is 36.2 Å². The molecule has 1 aromatic heterocycles. The molecule has 0 saturated heterocycles. The average molecular weight is 330 g/mol. The van der Waals surface area contributed by atoms with E-state index in [0.717, 1.165) is 10.0 Å². The Morgan fingerprint density at radius 2 is 2.06 bits per heavy atom. The highest BCUT2D eigenvalue weighted by atomic mass is 79.9. The van der Waals surface area contributed by atoms with Gasteiger partial charge in [0.2, 0.25) is 11.2 Å². The van der Waals surface area contributed by atoms with Crippen LogP contribution in [0.4, 0.5) is 5.95 Å². The van der Waals surface area contributed by atoms with Gasteiger partial charge in [-0.25, -0.2) is 0 Å². The summed E-state index contributed by atoms with van der Waals surface area (Å²) >= 11 is 9.18. The first-order valence-electron chi connectivity index (χ1n) is 5.12. The molecular weight excluding hydrogens is 320 g/mol. The first kappa shape index (κ1) is 13.0. The lowest BCUT2D eigenvalue weighted by Crippen LogP contribution is -2.01. The molecule has 2 aromatic rings. The van der Waals surface area contributed by atoms with Crippen molar-refractivity contribution in [3.05, 3.63) is 33.5 Å². The Morgan fingerprint density at radius 3 is 2.72 bits per heavy atom. The predicted molar refractivity (Wildman–Crippen MR) is 73.3 cm³/mol. The number of anilines is 1. The maximum absolute atomic E-state index is 5.77. The van der Waals surface area contributed by atoms with Crippen molar-refractivity contribution < 1.29 is 4.74 Å². The number of nitrogens with zero attached hydrogens (tertiary/aromatic N) is 3. The van der Waals surface area contributed by atoms with Crippen LogP contribution in [-0.4, -0.2) is 22.0 Å². The Bertz CT molecular complexity index is 579. The summed E-state index contributed by atoms with van der Waals surface area (Å²) in [5.74, 6) is 0.971. The Hall–Kier alpha value is -1.40. The summed E-state index contributed by atoms with van der Waals surface area (Å²) in [6, 6.07) is 5.85. The van der Waals surface area contributed by atoms with Gasteiger partial charge in [0.1, 0.15) is 5.75 Å². The Morgan fingerprint density at radius 1 is 1.28 bits per heavy atom. The van der Waals surface area contributed by atoms with E-state index in [-0.39, 0.29) is 11.3 Å². The molecule has 5 nitrogen and oxygen atoms in total. The number of aryl methyl sites for hydroxylation is 1. The lowest BCUT2D eigenvalue weighted by Gasteiger charge is -2.07. The molecule has 0 saturated carbocycles. The minimum atomic E-state index is 0.0765. The molecule has 0 fully saturated rings. The maximum atomic E-state index is 5.77. The average Bonchev–Trinajstić information content (AvgIpc) is 2.32. The molecule has 0 aliphatic rings. The predicted octanol–water partition coefficient (Wildman–Crippen LogP) is 3.43. The van der Waals surface area contributed by atoms with Gasteiger partial charge in [0.15, 0.2) is 0 Å². The van der Waals surface area contributed by atoms with Gasteiger partial charge >= 0.3 is 6.01 Å². The second-order valence-corrected chi connectivity index (χ2v) is 4.69. The molecule has 1 aromatic carbocycles. The minimum Gasteiger partial charge on any atom is -0.423 e. The number of aromatic nitrogens is 3. The van der Waals surface area contributed by atoms with E-state index >= 15 is 0 Å². The van der Waals surface area contributed by atoms with Gasteiger partial charge in [-0.2, -0.15) is 15.0 Å². The highest BCUT2D eigenvalue weighted by Gasteiger charge is 2.08. The van der Waals surface area contributed by atoms with Crippen LogP contribution in [-0.2, 0) is 0 Å². The summed E-state index contributed by atoms with van der Waals surface area (Å²) in [7, 11) is 1.69. The molecule has 0 radical (unpaired) electrons. The molecule has 0 bridgehead atoms. The van der Waals surface area contributed by atoms with Crippen molar-refractivity contribution >= 4 is 33.5 Å². The van der Waals surface area contributed by atoms with Gasteiger partial charge in [0, 0.05) is 7.05 Å². The molecular formula is C11H10BrClN4O. The molecule has 0 unspecified atom stereocenters. The number of hydrogen-bond donors (Lipinski definition) is 1. The molecule has 0 aliphatic heterocycles. The fourth-order valence-corrected chi connectivity index (χ4v) is 2.00. The first-order valence-corrected chi connectivity index (χ1v) is 6.29. The van der Waals surface area contributed by atoms with E-state index in [9.17, 15) is 0 Å². The number of hydrogen-bond acceptors (Lipinski definition) is 5. The van der Waals surface area contributed by atoms with E-state index < -0.39 is 0 Å². The highest BCUT2D eigenvalue weighted by molar-refractivity contribution is 9.10. The highest BCUT2D eigenvalue weighted by Crippen LogP contribution is 2.29. The zero-order valence-electron chi connectivity index (χ0n) is 9.74. The second kappa shape index (κ2) is 5.49. The van der Waals surface area contributed by atoms with Crippen molar-refractivity contribution in [2.24, 2.45) is 0 Å². The van der Waals surface area contributed by atoms with Crippen LogP contribution in [0.15, 0.2) is 22.7 Å². The van der Waals surface area contributed by atoms with E-state index in [0.29, 0.717) is 11.7 Å². The number of nitrogens with one attached hydrogen (secondary N) is 1. The van der Waals surface area contributed by atoms with E-state index in [4.69, 9.17) is 16.3 Å². The zero-order valence-corrected chi connectivity index (χ0v) is 12.1. The van der Waals surface area contributed by atoms with Crippen LogP contribution < -0.4 is 10.1 Å². The molecule has 18 heavy (non-hydrogen) atoms. The molecule has 1 heterocycles. The van der Waals surface area contributed by atoms with Gasteiger partial charge in [-0.15, -0.1) is 0 Å². The number of halogens is 2. The van der Waals surface area contributed by atoms with Crippen LogP contribution >= 0.6 is 27.5 Å². The fourth-order valence-electron chi connectivity index (χ4n) is 1.28. The monoisotopic (exact) mass is 328 g/mol. The quantitative estimate of drug-likeness (QED) is 0.935. The normalized spacial score (nSPS) is 10.2. The third-order valence-electron chi connectivity index (χ3n) is 2.10. The largest absolute Gasteiger partial charge is 0.423 e. The molecule has 94 valence electrons. The van der Waals surface area contributed by atoms with Crippen LogP contribution in [0.2, 0.25) is 5.28 Å². The van der Waals surface area contributed by atoms with E-state index in [1.807, 2.05) is 25.1 Å². The topological polar surface area (TPSA) is 59.9 Å². The zero-order chi connectivity index (χ0) is 13.1. The van der Waals surface area contributed by atoms with Gasteiger partial charge in [-0.3, -0.25) is 0 Å². The Balaban J connectivity index is 2.30. The van der Waals surface area contributed by atoms with Crippen LogP contribution in [0, 0.1) is 6.92 Å². The lowest BCUT2D eigenvalue weighted by atomic mass is 10.2. The molecule has 0 spiro atoms. The van der Waals surface area contributed by atoms with Gasteiger partial charge in [-0.05, 0) is 52.2 Å². The van der Waals surface area contributed by atoms with Crippen molar-refractivity contribution in [3.8, 4) is 11.8 Å². The van der Waals surface area contributed by atoms with Crippen LogP contribution in [0.5, 0.6) is 11.8 Å². The van der Waals surface area contributed by atoms with E-state index in [1.54, 1.807) is 7.05 Å². The van der Waals surface area contributed by atoms with Crippen molar-refractivity contribution in [1.82, 2.24) is 15.0 Å². The van der Waals surface area contributed by atoms with Crippen molar-refractivity contribution in [3.63, 3.8) is 0 Å². The minimum absolute atomic E-state index is 0.0765. The van der Waals surface area contributed by atoms with E-state index in [1.165, 1.54) is 0 Å². The Kier molecular flexibility index (Phi) is 3.98. The summed E-state index contributed by atoms with van der Waals surface area (Å²) in [6.07, 6.45) is 0. The summed E-state index contributed by atoms with van der Waals surface area (Å²) < 4.78 is 6.38. The molecule has 7 heteroatoms. The smallest absolute Gasteiger partial charge is 0.328 e. The number of benzene rings is 1. The summed E-state index contributed by atoms with van der Waals surface area (Å²) in [5.41, 5.74) is 1.12. The SMILES string of the molecule is CNc1nc(Cl)nc(Oc2ccc(C)cc2Br)n1. The maximum Gasteiger partial charge on any atom is 0.328 e. The number of rotatable bonds is 3. The number of ether oxygens (including phenoxy) is 1. The molecule has 1 N–H and O–H groups in total. The van der Waals surface area contributed by atoms with Gasteiger partial charge in [0.05, 0.1) is 4.47 Å². The lowest BCUT2D eigenvalue weighted by molar-refractivity contribution is 0.438. The van der Waals surface area contributed by atoms with Crippen LogP contribution in [0.3, 0.4) is 0 Å². The van der Waals surface area contributed by atoms with Crippen LogP contribution in [0.1, 0.15) is 5.56 Å². The molecule has 0 amide bonds. The van der Waals surface area contributed by atoms with Crippen LogP contribution in [0.25, 0.3) is 0 Å². The van der Waals surface area contributed by atoms with Gasteiger partial charge in [0.25, 0.3) is 0 Å². The van der Waals surface area contributed by atoms with Crippen molar-refractivity contribution in [2.45, 2.75) is 6.92 Å².